The summed E-state index contributed by atoms with van der Waals surface area (Å²) in [5, 5.41) is 22.6. The summed E-state index contributed by atoms with van der Waals surface area (Å²) in [6.45, 7) is 6.20. The first-order valence-corrected chi connectivity index (χ1v) is 10.0. The maximum Gasteiger partial charge on any atom is 0.293 e. The van der Waals surface area contributed by atoms with Crippen molar-refractivity contribution < 1.29 is 13.3 Å². The van der Waals surface area contributed by atoms with Gasteiger partial charge in [0.05, 0.1) is 16.4 Å². The van der Waals surface area contributed by atoms with E-state index in [1.54, 1.807) is 20.8 Å². The largest absolute Gasteiger partial charge is 0.372 e. The van der Waals surface area contributed by atoms with E-state index in [4.69, 9.17) is 0 Å². The molecule has 0 atom stereocenters. The Balaban J connectivity index is 1.85. The number of fused-ring (bicyclic) bond motifs is 1. The molecule has 2 aromatic rings. The standard InChI is InChI=1S/C16H22N6O4S/c1-16(2,3)20-27(25,26)11-6-7-12(13(9-11)22(23)24)17-10-15-19-18-14-5-4-8-21(14)15/h6-7,9,17,20H,4-5,8,10H2,1-3H3. The number of sulfonamides is 1. The lowest BCUT2D eigenvalue weighted by atomic mass is 10.1. The highest BCUT2D eigenvalue weighted by atomic mass is 32.2. The Labute approximate surface area is 157 Å². The predicted molar refractivity (Wildman–Crippen MR) is 98.8 cm³/mol. The maximum absolute atomic E-state index is 12.4. The van der Waals surface area contributed by atoms with Crippen LogP contribution in [-0.2, 0) is 29.5 Å². The van der Waals surface area contributed by atoms with Crippen LogP contribution in [-0.4, -0.2) is 33.6 Å². The van der Waals surface area contributed by atoms with Crippen molar-refractivity contribution in [2.45, 2.75) is 57.1 Å². The van der Waals surface area contributed by atoms with Gasteiger partial charge in [0.2, 0.25) is 10.0 Å². The molecule has 0 unspecified atom stereocenters. The molecule has 0 bridgehead atoms. The molecule has 0 amide bonds. The van der Waals surface area contributed by atoms with E-state index >= 15 is 0 Å². The van der Waals surface area contributed by atoms with E-state index in [1.165, 1.54) is 12.1 Å². The molecule has 3 rings (SSSR count). The highest BCUT2D eigenvalue weighted by Gasteiger charge is 2.26. The van der Waals surface area contributed by atoms with E-state index in [9.17, 15) is 18.5 Å². The molecule has 1 aromatic heterocycles. The number of nitrogens with one attached hydrogen (secondary N) is 2. The molecule has 0 radical (unpaired) electrons. The van der Waals surface area contributed by atoms with E-state index in [1.807, 2.05) is 4.57 Å². The number of rotatable bonds is 6. The van der Waals surface area contributed by atoms with Crippen molar-refractivity contribution in [3.05, 3.63) is 40.0 Å². The Morgan fingerprint density at radius 1 is 1.30 bits per heavy atom. The lowest BCUT2D eigenvalue weighted by Crippen LogP contribution is -2.40. The minimum atomic E-state index is -3.87. The fraction of sp³-hybridized carbons (Fsp3) is 0.500. The van der Waals surface area contributed by atoms with Crippen molar-refractivity contribution in [1.29, 1.82) is 0 Å². The number of aromatic nitrogens is 3. The second kappa shape index (κ2) is 6.89. The van der Waals surface area contributed by atoms with Crippen LogP contribution in [0.2, 0.25) is 0 Å². The summed E-state index contributed by atoms with van der Waals surface area (Å²) in [7, 11) is -3.87. The van der Waals surface area contributed by atoms with Crippen molar-refractivity contribution in [3.63, 3.8) is 0 Å². The van der Waals surface area contributed by atoms with Gasteiger partial charge >= 0.3 is 0 Å². The molecule has 2 N–H and O–H groups in total. The van der Waals surface area contributed by atoms with E-state index in [0.717, 1.165) is 31.3 Å². The van der Waals surface area contributed by atoms with Crippen LogP contribution in [0.3, 0.4) is 0 Å². The Morgan fingerprint density at radius 3 is 2.70 bits per heavy atom. The number of anilines is 1. The lowest BCUT2D eigenvalue weighted by molar-refractivity contribution is -0.384. The van der Waals surface area contributed by atoms with Crippen LogP contribution in [0.4, 0.5) is 11.4 Å². The normalized spacial score (nSPS) is 14.2. The topological polar surface area (TPSA) is 132 Å². The van der Waals surface area contributed by atoms with Gasteiger partial charge in [0.25, 0.3) is 5.69 Å². The molecule has 0 saturated heterocycles. The molecule has 1 aliphatic rings. The third kappa shape index (κ3) is 4.25. The molecule has 0 fully saturated rings. The first-order chi connectivity index (χ1) is 12.6. The second-order valence-corrected chi connectivity index (χ2v) is 9.12. The van der Waals surface area contributed by atoms with Gasteiger partial charge in [-0.1, -0.05) is 0 Å². The van der Waals surface area contributed by atoms with Gasteiger partial charge in [0.1, 0.15) is 11.5 Å². The fourth-order valence-electron chi connectivity index (χ4n) is 2.96. The summed E-state index contributed by atoms with van der Waals surface area (Å²) >= 11 is 0. The van der Waals surface area contributed by atoms with Crippen molar-refractivity contribution >= 4 is 21.4 Å². The van der Waals surface area contributed by atoms with Crippen molar-refractivity contribution in [3.8, 4) is 0 Å². The summed E-state index contributed by atoms with van der Waals surface area (Å²) in [4.78, 5) is 10.7. The number of hydrogen-bond acceptors (Lipinski definition) is 7. The van der Waals surface area contributed by atoms with E-state index < -0.39 is 20.5 Å². The first kappa shape index (κ1) is 19.2. The summed E-state index contributed by atoms with van der Waals surface area (Å²) in [5.41, 5.74) is -0.781. The molecule has 0 aliphatic carbocycles. The third-order valence-corrected chi connectivity index (χ3v) is 5.80. The Kier molecular flexibility index (Phi) is 4.91. The van der Waals surface area contributed by atoms with Crippen molar-refractivity contribution in [1.82, 2.24) is 19.5 Å². The average Bonchev–Trinajstić information content (AvgIpc) is 3.14. The van der Waals surface area contributed by atoms with Gasteiger partial charge in [-0.25, -0.2) is 13.1 Å². The predicted octanol–water partition coefficient (Wildman–Crippen LogP) is 1.82. The van der Waals surface area contributed by atoms with Gasteiger partial charge in [0, 0.05) is 24.6 Å². The van der Waals surface area contributed by atoms with Crippen molar-refractivity contribution in [2.24, 2.45) is 0 Å². The van der Waals surface area contributed by atoms with Gasteiger partial charge in [0.15, 0.2) is 5.82 Å². The molecule has 1 aromatic carbocycles. The minimum Gasteiger partial charge on any atom is -0.372 e. The van der Waals surface area contributed by atoms with Crippen LogP contribution in [0, 0.1) is 10.1 Å². The van der Waals surface area contributed by atoms with E-state index in [2.05, 4.69) is 20.2 Å². The summed E-state index contributed by atoms with van der Waals surface area (Å²) in [6.07, 6.45) is 1.88. The number of benzene rings is 1. The van der Waals surface area contributed by atoms with Crippen molar-refractivity contribution in [2.75, 3.05) is 5.32 Å². The van der Waals surface area contributed by atoms with Crippen LogP contribution < -0.4 is 10.0 Å². The van der Waals surface area contributed by atoms with Crippen LogP contribution in [0.15, 0.2) is 23.1 Å². The Bertz CT molecular complexity index is 977. The number of hydrogen-bond donors (Lipinski definition) is 2. The molecule has 1 aliphatic heterocycles. The second-order valence-electron chi connectivity index (χ2n) is 7.43. The molecule has 10 nitrogen and oxygen atoms in total. The van der Waals surface area contributed by atoms with E-state index in [0.29, 0.717) is 5.82 Å². The number of nitro groups is 1. The summed E-state index contributed by atoms with van der Waals surface area (Å²) in [6, 6.07) is 3.80. The highest BCUT2D eigenvalue weighted by Crippen LogP contribution is 2.28. The molecule has 0 spiro atoms. The molecule has 0 saturated carbocycles. The van der Waals surface area contributed by atoms with Crippen LogP contribution >= 0.6 is 0 Å². The maximum atomic E-state index is 12.4. The Hall–Kier alpha value is -2.53. The first-order valence-electron chi connectivity index (χ1n) is 8.54. The Morgan fingerprint density at radius 2 is 2.04 bits per heavy atom. The minimum absolute atomic E-state index is 0.155. The molecular formula is C16H22N6O4S. The highest BCUT2D eigenvalue weighted by molar-refractivity contribution is 7.89. The summed E-state index contributed by atoms with van der Waals surface area (Å²) in [5.74, 6) is 1.61. The monoisotopic (exact) mass is 394 g/mol. The summed E-state index contributed by atoms with van der Waals surface area (Å²) < 4.78 is 29.3. The van der Waals surface area contributed by atoms with Crippen LogP contribution in [0.1, 0.15) is 38.8 Å². The zero-order valence-electron chi connectivity index (χ0n) is 15.4. The number of aryl methyl sites for hydroxylation is 1. The third-order valence-electron chi connectivity index (χ3n) is 4.04. The quantitative estimate of drug-likeness (QED) is 0.564. The fourth-order valence-corrected chi connectivity index (χ4v) is 4.39. The lowest BCUT2D eigenvalue weighted by Gasteiger charge is -2.20. The van der Waals surface area contributed by atoms with E-state index in [-0.39, 0.29) is 22.8 Å². The van der Waals surface area contributed by atoms with Gasteiger partial charge in [-0.2, -0.15) is 0 Å². The molecule has 11 heteroatoms. The number of nitrogens with zero attached hydrogens (tertiary/aromatic N) is 4. The molecule has 27 heavy (non-hydrogen) atoms. The van der Waals surface area contributed by atoms with Gasteiger partial charge in [-0.05, 0) is 39.3 Å². The molecule has 146 valence electrons. The molecular weight excluding hydrogens is 372 g/mol. The zero-order valence-corrected chi connectivity index (χ0v) is 16.2. The smallest absolute Gasteiger partial charge is 0.293 e. The van der Waals surface area contributed by atoms with Gasteiger partial charge in [-0.3, -0.25) is 10.1 Å². The zero-order chi connectivity index (χ0) is 19.8. The molecule has 2 heterocycles. The van der Waals surface area contributed by atoms with Crippen LogP contribution in [0.5, 0.6) is 0 Å². The van der Waals surface area contributed by atoms with Crippen LogP contribution in [0.25, 0.3) is 0 Å². The number of nitro benzene ring substituents is 1. The van der Waals surface area contributed by atoms with Gasteiger partial charge in [-0.15, -0.1) is 10.2 Å². The van der Waals surface area contributed by atoms with Gasteiger partial charge < -0.3 is 9.88 Å². The average molecular weight is 394 g/mol. The SMILES string of the molecule is CC(C)(C)NS(=O)(=O)c1ccc(NCc2nnc3n2CCC3)c([N+](=O)[O-])c1.